The Morgan fingerprint density at radius 2 is 1.93 bits per heavy atom. The molecule has 7 nitrogen and oxygen atoms in total. The monoisotopic (exact) mass is 385 g/mol. The molecule has 0 aliphatic heterocycles. The zero-order valence-corrected chi connectivity index (χ0v) is 15.8. The van der Waals surface area contributed by atoms with Gasteiger partial charge < -0.3 is 15.2 Å². The Balaban J connectivity index is 1.78. The number of nitrogens with zero attached hydrogens (tertiary/aromatic N) is 2. The van der Waals surface area contributed by atoms with Gasteiger partial charge >= 0.3 is 5.97 Å². The Morgan fingerprint density at radius 3 is 2.63 bits per heavy atom. The summed E-state index contributed by atoms with van der Waals surface area (Å²) >= 11 is 1.21. The van der Waals surface area contributed by atoms with Crippen molar-refractivity contribution in [3.8, 4) is 5.75 Å². The van der Waals surface area contributed by atoms with E-state index < -0.39 is 11.9 Å². The first kappa shape index (κ1) is 18.8. The maximum Gasteiger partial charge on any atom is 0.344 e. The van der Waals surface area contributed by atoms with Crippen LogP contribution in [-0.4, -0.2) is 41.1 Å². The van der Waals surface area contributed by atoms with Crippen molar-refractivity contribution in [2.24, 2.45) is 0 Å². The highest BCUT2D eigenvalue weighted by atomic mass is 32.2. The van der Waals surface area contributed by atoms with Crippen molar-refractivity contribution in [1.82, 2.24) is 9.78 Å². The number of thioether (sulfide) groups is 1. The third kappa shape index (κ3) is 3.90. The quantitative estimate of drug-likeness (QED) is 0.514. The second-order valence-electron chi connectivity index (χ2n) is 5.59. The fourth-order valence-electron chi connectivity index (χ4n) is 2.60. The van der Waals surface area contributed by atoms with E-state index in [1.54, 1.807) is 19.2 Å². The zero-order chi connectivity index (χ0) is 19.4. The molecule has 0 spiro atoms. The van der Waals surface area contributed by atoms with Crippen LogP contribution in [0.5, 0.6) is 5.75 Å². The van der Waals surface area contributed by atoms with Crippen LogP contribution in [0.4, 0.5) is 5.82 Å². The predicted molar refractivity (Wildman–Crippen MR) is 104 cm³/mol. The van der Waals surface area contributed by atoms with Crippen LogP contribution in [0, 0.1) is 0 Å². The van der Waals surface area contributed by atoms with Gasteiger partial charge in [-0.2, -0.15) is 9.78 Å². The minimum Gasteiger partial charge on any atom is -0.484 e. The third-order valence-electron chi connectivity index (χ3n) is 3.88. The molecule has 3 aromatic rings. The van der Waals surface area contributed by atoms with Crippen LogP contribution in [0.1, 0.15) is 22.1 Å². The summed E-state index contributed by atoms with van der Waals surface area (Å²) in [6, 6.07) is 13.4. The fourth-order valence-corrected chi connectivity index (χ4v) is 3.16. The van der Waals surface area contributed by atoms with Gasteiger partial charge in [-0.3, -0.25) is 4.79 Å². The van der Waals surface area contributed by atoms with Gasteiger partial charge in [0.05, 0.1) is 6.61 Å². The molecule has 3 rings (SSSR count). The van der Waals surface area contributed by atoms with Gasteiger partial charge in [0.2, 0.25) is 0 Å². The number of carbonyl (C=O) groups excluding carboxylic acids is 2. The van der Waals surface area contributed by atoms with E-state index in [4.69, 9.17) is 15.2 Å². The Hall–Kier alpha value is -3.00. The van der Waals surface area contributed by atoms with Crippen molar-refractivity contribution in [2.45, 2.75) is 11.9 Å². The fraction of sp³-hybridized carbons (Fsp3) is 0.211. The number of benzene rings is 2. The van der Waals surface area contributed by atoms with Crippen LogP contribution in [0.2, 0.25) is 0 Å². The lowest BCUT2D eigenvalue weighted by atomic mass is 10.1. The minimum atomic E-state index is -0.603. The summed E-state index contributed by atoms with van der Waals surface area (Å²) < 4.78 is 11.6. The Bertz CT molecular complexity index is 1000. The van der Waals surface area contributed by atoms with Crippen molar-refractivity contribution in [3.05, 3.63) is 48.0 Å². The lowest BCUT2D eigenvalue weighted by molar-refractivity contribution is 0.0523. The summed E-state index contributed by atoms with van der Waals surface area (Å²) in [5.41, 5.74) is 6.07. The normalized spacial score (nSPS) is 10.7. The number of rotatable bonds is 6. The molecule has 0 saturated carbocycles. The molecule has 8 heteroatoms. The lowest BCUT2D eigenvalue weighted by Crippen LogP contribution is -2.22. The van der Waals surface area contributed by atoms with E-state index in [-0.39, 0.29) is 24.6 Å². The smallest absolute Gasteiger partial charge is 0.344 e. The van der Waals surface area contributed by atoms with Gasteiger partial charge in [-0.15, -0.1) is 11.8 Å². The van der Waals surface area contributed by atoms with E-state index in [0.717, 1.165) is 15.5 Å². The second kappa shape index (κ2) is 8.13. The van der Waals surface area contributed by atoms with E-state index in [0.29, 0.717) is 10.8 Å². The number of esters is 1. The van der Waals surface area contributed by atoms with Crippen LogP contribution in [-0.2, 0) is 4.74 Å². The lowest BCUT2D eigenvalue weighted by Gasteiger charge is -2.08. The molecule has 0 amide bonds. The number of nitrogen functional groups attached to an aromatic ring is 1. The number of fused-ring (bicyclic) bond motifs is 1. The Kier molecular flexibility index (Phi) is 5.66. The first-order valence-electron chi connectivity index (χ1n) is 8.29. The first-order valence-corrected chi connectivity index (χ1v) is 9.52. The maximum absolute atomic E-state index is 12.5. The molecule has 140 valence electrons. The van der Waals surface area contributed by atoms with Crippen molar-refractivity contribution in [1.29, 1.82) is 0 Å². The molecule has 2 aromatic carbocycles. The minimum absolute atomic E-state index is 0.0510. The molecule has 27 heavy (non-hydrogen) atoms. The zero-order valence-electron chi connectivity index (χ0n) is 15.0. The summed E-state index contributed by atoms with van der Waals surface area (Å²) in [5.74, 6) is -0.575. The summed E-state index contributed by atoms with van der Waals surface area (Å²) in [4.78, 5) is 24.6. The highest BCUT2D eigenvalue weighted by Gasteiger charge is 2.25. The molecular weight excluding hydrogens is 366 g/mol. The second-order valence-corrected chi connectivity index (χ2v) is 6.39. The molecule has 2 N–H and O–H groups in total. The van der Waals surface area contributed by atoms with Gasteiger partial charge in [0, 0.05) is 0 Å². The van der Waals surface area contributed by atoms with Gasteiger partial charge in [0.15, 0.2) is 6.61 Å². The van der Waals surface area contributed by atoms with Gasteiger partial charge in [-0.25, -0.2) is 4.79 Å². The average Bonchev–Trinajstić information content (AvgIpc) is 3.02. The van der Waals surface area contributed by atoms with Crippen molar-refractivity contribution >= 4 is 40.2 Å². The molecule has 0 bridgehead atoms. The predicted octanol–water partition coefficient (Wildman–Crippen LogP) is 3.24. The van der Waals surface area contributed by atoms with Crippen LogP contribution in [0.15, 0.2) is 47.5 Å². The summed E-state index contributed by atoms with van der Waals surface area (Å²) in [6.45, 7) is 1.64. The number of nitrogens with two attached hydrogens (primary N) is 1. The average molecular weight is 385 g/mol. The number of ether oxygens (including phenoxy) is 2. The molecule has 0 unspecified atom stereocenters. The Labute approximate surface area is 160 Å². The standard InChI is InChI=1S/C19H19N3O4S/c1-3-25-19(24)16-17(20)22(21-18(16)27-2)15(23)11-26-14-9-8-12-6-4-5-7-13(12)10-14/h4-10H,3,11,20H2,1-2H3. The molecule has 0 aliphatic carbocycles. The topological polar surface area (TPSA) is 96.4 Å². The van der Waals surface area contributed by atoms with E-state index in [9.17, 15) is 9.59 Å². The molecular formula is C19H19N3O4S. The largest absolute Gasteiger partial charge is 0.484 e. The molecule has 0 aliphatic rings. The van der Waals surface area contributed by atoms with Crippen LogP contribution >= 0.6 is 11.8 Å². The molecule has 0 atom stereocenters. The van der Waals surface area contributed by atoms with E-state index in [1.807, 2.05) is 36.4 Å². The van der Waals surface area contributed by atoms with Gasteiger partial charge in [-0.05, 0) is 36.1 Å². The maximum atomic E-state index is 12.5. The SMILES string of the molecule is CCOC(=O)c1c(SC)nn(C(=O)COc2ccc3ccccc3c2)c1N. The Morgan fingerprint density at radius 1 is 1.19 bits per heavy atom. The van der Waals surface area contributed by atoms with Crippen molar-refractivity contribution in [3.63, 3.8) is 0 Å². The number of carbonyl (C=O) groups is 2. The van der Waals surface area contributed by atoms with Gasteiger partial charge in [0.1, 0.15) is 22.2 Å². The molecule has 0 radical (unpaired) electrons. The molecule has 0 fully saturated rings. The third-order valence-corrected chi connectivity index (χ3v) is 4.55. The van der Waals surface area contributed by atoms with Crippen LogP contribution in [0.25, 0.3) is 10.8 Å². The molecule has 0 saturated heterocycles. The molecule has 1 aromatic heterocycles. The number of aromatic nitrogens is 2. The highest BCUT2D eigenvalue weighted by molar-refractivity contribution is 7.98. The summed E-state index contributed by atoms with van der Waals surface area (Å²) in [6.07, 6.45) is 1.74. The highest BCUT2D eigenvalue weighted by Crippen LogP contribution is 2.26. The van der Waals surface area contributed by atoms with E-state index >= 15 is 0 Å². The summed E-state index contributed by atoms with van der Waals surface area (Å²) in [7, 11) is 0. The number of hydrogen-bond acceptors (Lipinski definition) is 7. The van der Waals surface area contributed by atoms with Crippen molar-refractivity contribution in [2.75, 3.05) is 25.2 Å². The van der Waals surface area contributed by atoms with E-state index in [1.165, 1.54) is 11.8 Å². The van der Waals surface area contributed by atoms with Crippen LogP contribution < -0.4 is 10.5 Å². The van der Waals surface area contributed by atoms with Crippen molar-refractivity contribution < 1.29 is 19.1 Å². The first-order chi connectivity index (χ1) is 13.0. The van der Waals surface area contributed by atoms with Gasteiger partial charge in [0.25, 0.3) is 5.91 Å². The number of anilines is 1. The molecule has 1 heterocycles. The van der Waals surface area contributed by atoms with Crippen LogP contribution in [0.3, 0.4) is 0 Å². The van der Waals surface area contributed by atoms with Gasteiger partial charge in [-0.1, -0.05) is 30.3 Å². The number of hydrogen-bond donors (Lipinski definition) is 1. The summed E-state index contributed by atoms with van der Waals surface area (Å²) in [5, 5.41) is 6.55. The van der Waals surface area contributed by atoms with E-state index in [2.05, 4.69) is 5.10 Å².